The quantitative estimate of drug-likeness (QED) is 0.422. The van der Waals surface area contributed by atoms with Crippen molar-refractivity contribution in [3.63, 3.8) is 0 Å². The molecule has 3 amide bonds. The number of phenolic OH excluding ortho intramolecular Hbond substituents is 1. The van der Waals surface area contributed by atoms with Crippen LogP contribution in [0.5, 0.6) is 5.75 Å². The molecule has 0 radical (unpaired) electrons. The van der Waals surface area contributed by atoms with Gasteiger partial charge in [-0.15, -0.1) is 0 Å². The van der Waals surface area contributed by atoms with E-state index in [1.807, 2.05) is 9.80 Å². The minimum absolute atomic E-state index is 0.00411. The van der Waals surface area contributed by atoms with Crippen LogP contribution in [0.4, 0.5) is 16.2 Å². The number of nitrogens with one attached hydrogen (secondary N) is 2. The average Bonchev–Trinajstić information content (AvgIpc) is 3.15. The molecule has 0 unspecified atom stereocenters. The average molecular weight is 474 g/mol. The summed E-state index contributed by atoms with van der Waals surface area (Å²) >= 11 is 5.91. The third-order valence-corrected chi connectivity index (χ3v) is 6.44. The summed E-state index contributed by atoms with van der Waals surface area (Å²) in [5.74, 6) is 0.0548. The van der Waals surface area contributed by atoms with Crippen LogP contribution in [0, 0.1) is 0 Å². The van der Waals surface area contributed by atoms with Crippen LogP contribution in [-0.4, -0.2) is 71.4 Å². The topological polar surface area (TPSA) is 131 Å². The number of carbonyl (C=O) groups is 2. The van der Waals surface area contributed by atoms with Crippen molar-refractivity contribution >= 4 is 34.9 Å². The molecule has 6 N–H and O–H groups in total. The summed E-state index contributed by atoms with van der Waals surface area (Å²) in [6.07, 6.45) is 0.939. The number of amides is 3. The number of nitrogens with two attached hydrogens (primary N) is 1. The van der Waals surface area contributed by atoms with Crippen molar-refractivity contribution in [2.24, 2.45) is 5.73 Å². The number of hydrogen-bond donors (Lipinski definition) is 5. The van der Waals surface area contributed by atoms with Crippen LogP contribution in [0.3, 0.4) is 0 Å². The van der Waals surface area contributed by atoms with E-state index in [1.165, 1.54) is 6.07 Å². The number of primary amides is 1. The molecule has 2 fully saturated rings. The third-order valence-electron chi connectivity index (χ3n) is 6.19. The predicted molar refractivity (Wildman–Crippen MR) is 127 cm³/mol. The van der Waals surface area contributed by atoms with Gasteiger partial charge in [0.1, 0.15) is 5.75 Å². The van der Waals surface area contributed by atoms with Gasteiger partial charge in [0.15, 0.2) is 0 Å². The zero-order chi connectivity index (χ0) is 23.5. The molecule has 2 aromatic rings. The van der Waals surface area contributed by atoms with Gasteiger partial charge in [-0.1, -0.05) is 11.6 Å². The number of urea groups is 1. The summed E-state index contributed by atoms with van der Waals surface area (Å²) in [7, 11) is 0. The Labute approximate surface area is 197 Å². The fourth-order valence-electron chi connectivity index (χ4n) is 4.49. The standard InChI is InChI=1S/C23H28ClN5O4/c24-15-3-1-14(2-4-15)22(32)28-9-7-16(8-10-28)26-19-12-29(13-21(19)31)20-11-17(30)5-6-18(20)27-23(25)33/h1-6,11,16,19,21,26,30-31H,7-10,12-13H2,(H3,25,27,33)/t19-,21-/m1/s1. The molecule has 10 heteroatoms. The molecule has 0 bridgehead atoms. The maximum absolute atomic E-state index is 12.7. The van der Waals surface area contributed by atoms with Crippen LogP contribution in [0.1, 0.15) is 23.2 Å². The molecule has 2 saturated heterocycles. The molecule has 2 aromatic carbocycles. The zero-order valence-corrected chi connectivity index (χ0v) is 18.8. The number of halogens is 1. The maximum atomic E-state index is 12.7. The molecular weight excluding hydrogens is 446 g/mol. The van der Waals surface area contributed by atoms with Crippen LogP contribution in [0.25, 0.3) is 0 Å². The molecule has 0 aliphatic carbocycles. The number of aliphatic hydroxyl groups excluding tert-OH is 1. The van der Waals surface area contributed by atoms with E-state index in [0.717, 1.165) is 12.8 Å². The van der Waals surface area contributed by atoms with Crippen molar-refractivity contribution in [2.45, 2.75) is 31.0 Å². The lowest BCUT2D eigenvalue weighted by Crippen LogP contribution is -2.50. The van der Waals surface area contributed by atoms with Gasteiger partial charge in [-0.05, 0) is 49.2 Å². The highest BCUT2D eigenvalue weighted by atomic mass is 35.5. The molecule has 2 aliphatic rings. The number of rotatable bonds is 5. The second-order valence-corrected chi connectivity index (χ2v) is 8.95. The second-order valence-electron chi connectivity index (χ2n) is 8.51. The summed E-state index contributed by atoms with van der Waals surface area (Å²) in [6, 6.07) is 10.8. The van der Waals surface area contributed by atoms with Crippen LogP contribution >= 0.6 is 11.6 Å². The van der Waals surface area contributed by atoms with Crippen LogP contribution in [-0.2, 0) is 0 Å². The van der Waals surface area contributed by atoms with E-state index in [-0.39, 0.29) is 23.7 Å². The van der Waals surface area contributed by atoms with Gasteiger partial charge in [0, 0.05) is 48.9 Å². The van der Waals surface area contributed by atoms with Crippen molar-refractivity contribution in [3.05, 3.63) is 53.1 Å². The van der Waals surface area contributed by atoms with E-state index in [0.29, 0.717) is 48.1 Å². The van der Waals surface area contributed by atoms with Crippen LogP contribution in [0.2, 0.25) is 5.02 Å². The molecule has 9 nitrogen and oxygen atoms in total. The number of piperidine rings is 1. The number of likely N-dealkylation sites (tertiary alicyclic amines) is 1. The maximum Gasteiger partial charge on any atom is 0.316 e. The normalized spacial score (nSPS) is 21.3. The molecule has 33 heavy (non-hydrogen) atoms. The van der Waals surface area contributed by atoms with E-state index < -0.39 is 12.1 Å². The lowest BCUT2D eigenvalue weighted by molar-refractivity contribution is 0.0691. The van der Waals surface area contributed by atoms with Crippen molar-refractivity contribution in [1.29, 1.82) is 0 Å². The first-order valence-electron chi connectivity index (χ1n) is 10.9. The number of aromatic hydroxyl groups is 1. The number of nitrogens with zero attached hydrogens (tertiary/aromatic N) is 2. The van der Waals surface area contributed by atoms with Crippen molar-refractivity contribution in [2.75, 3.05) is 36.4 Å². The van der Waals surface area contributed by atoms with Gasteiger partial charge in [0.2, 0.25) is 0 Å². The molecule has 0 saturated carbocycles. The number of phenols is 1. The molecule has 2 atom stereocenters. The van der Waals surface area contributed by atoms with Crippen LogP contribution in [0.15, 0.2) is 42.5 Å². The van der Waals surface area contributed by atoms with E-state index >= 15 is 0 Å². The summed E-state index contributed by atoms with van der Waals surface area (Å²) in [5.41, 5.74) is 6.95. The van der Waals surface area contributed by atoms with Gasteiger partial charge in [0.25, 0.3) is 5.91 Å². The molecule has 0 spiro atoms. The highest BCUT2D eigenvalue weighted by Gasteiger charge is 2.35. The van der Waals surface area contributed by atoms with Gasteiger partial charge in [-0.3, -0.25) is 4.79 Å². The Morgan fingerprint density at radius 3 is 2.42 bits per heavy atom. The molecule has 2 heterocycles. The first kappa shape index (κ1) is 23.2. The highest BCUT2D eigenvalue weighted by molar-refractivity contribution is 6.30. The zero-order valence-electron chi connectivity index (χ0n) is 18.1. The molecule has 4 rings (SSSR count). The number of benzene rings is 2. The van der Waals surface area contributed by atoms with Crippen molar-refractivity contribution in [1.82, 2.24) is 10.2 Å². The Hall–Kier alpha value is -3.01. The smallest absolute Gasteiger partial charge is 0.316 e. The molecular formula is C23H28ClN5O4. The Balaban J connectivity index is 1.34. The number of anilines is 2. The minimum atomic E-state index is -0.698. The summed E-state index contributed by atoms with van der Waals surface area (Å²) < 4.78 is 0. The van der Waals surface area contributed by atoms with Gasteiger partial charge in [0.05, 0.1) is 23.5 Å². The van der Waals surface area contributed by atoms with Gasteiger partial charge in [-0.25, -0.2) is 4.79 Å². The number of aliphatic hydroxyl groups is 1. The fourth-order valence-corrected chi connectivity index (χ4v) is 4.62. The predicted octanol–water partition coefficient (Wildman–Crippen LogP) is 1.98. The highest BCUT2D eigenvalue weighted by Crippen LogP contribution is 2.32. The van der Waals surface area contributed by atoms with Crippen molar-refractivity contribution < 1.29 is 19.8 Å². The number of β-amino-alcohol motifs (C(OH)–C–C–N with tert-alkyl or cyclic N) is 1. The Kier molecular flexibility index (Phi) is 6.92. The Morgan fingerprint density at radius 2 is 1.76 bits per heavy atom. The molecule has 0 aromatic heterocycles. The molecule has 2 aliphatic heterocycles. The second kappa shape index (κ2) is 9.86. The third kappa shape index (κ3) is 5.50. The summed E-state index contributed by atoms with van der Waals surface area (Å²) in [5, 5.41) is 27.2. The lowest BCUT2D eigenvalue weighted by atomic mass is 10.0. The summed E-state index contributed by atoms with van der Waals surface area (Å²) in [6.45, 7) is 2.11. The van der Waals surface area contributed by atoms with E-state index in [2.05, 4.69) is 10.6 Å². The lowest BCUT2D eigenvalue weighted by Gasteiger charge is -2.34. The van der Waals surface area contributed by atoms with Gasteiger partial charge < -0.3 is 36.4 Å². The largest absolute Gasteiger partial charge is 0.508 e. The van der Waals surface area contributed by atoms with E-state index in [1.54, 1.807) is 36.4 Å². The first-order valence-corrected chi connectivity index (χ1v) is 11.3. The first-order chi connectivity index (χ1) is 15.8. The van der Waals surface area contributed by atoms with Crippen LogP contribution < -0.4 is 21.3 Å². The van der Waals surface area contributed by atoms with E-state index in [4.69, 9.17) is 17.3 Å². The van der Waals surface area contributed by atoms with E-state index in [9.17, 15) is 19.8 Å². The fraction of sp³-hybridized carbons (Fsp3) is 0.391. The Bertz CT molecular complexity index is 1010. The monoisotopic (exact) mass is 473 g/mol. The number of carbonyl (C=O) groups excluding carboxylic acids is 2. The number of hydrogen-bond acceptors (Lipinski definition) is 6. The van der Waals surface area contributed by atoms with Gasteiger partial charge in [-0.2, -0.15) is 0 Å². The Morgan fingerprint density at radius 1 is 1.06 bits per heavy atom. The summed E-state index contributed by atoms with van der Waals surface area (Å²) in [4.78, 5) is 27.8. The minimum Gasteiger partial charge on any atom is -0.508 e. The SMILES string of the molecule is NC(=O)Nc1ccc(O)cc1N1C[C@@H](O)[C@H](NC2CCN(C(=O)c3ccc(Cl)cc3)CC2)C1. The molecule has 176 valence electrons. The van der Waals surface area contributed by atoms with Gasteiger partial charge >= 0.3 is 6.03 Å². The van der Waals surface area contributed by atoms with Crippen molar-refractivity contribution in [3.8, 4) is 5.75 Å².